The molecule has 158 valence electrons. The zero-order valence-electron chi connectivity index (χ0n) is 18.2. The molecule has 0 aliphatic carbocycles. The average molecular weight is 424 g/mol. The van der Waals surface area contributed by atoms with E-state index in [9.17, 15) is 4.79 Å². The maximum atomic E-state index is 12.5. The van der Waals surface area contributed by atoms with Crippen LogP contribution in [0.3, 0.4) is 0 Å². The molecule has 0 aliphatic heterocycles. The van der Waals surface area contributed by atoms with E-state index in [1.807, 2.05) is 28.8 Å². The monoisotopic (exact) mass is 423 g/mol. The molecule has 1 N–H and O–H groups in total. The van der Waals surface area contributed by atoms with Crippen molar-refractivity contribution in [2.24, 2.45) is 0 Å². The first-order valence-corrected chi connectivity index (χ1v) is 11.1. The van der Waals surface area contributed by atoms with E-state index in [0.717, 1.165) is 29.2 Å². The van der Waals surface area contributed by atoms with E-state index in [0.29, 0.717) is 11.2 Å². The third-order valence-electron chi connectivity index (χ3n) is 4.91. The Kier molecular flexibility index (Phi) is 7.15. The summed E-state index contributed by atoms with van der Waals surface area (Å²) in [6, 6.07) is 14.7. The summed E-state index contributed by atoms with van der Waals surface area (Å²) in [5, 5.41) is 11.9. The standard InChI is InChI=1S/C23H29N5OS/c1-6-27(16(2)3)20-10-8-19(9-11-20)25-22(29)14-30-23-26-24-15-28(23)21-12-7-17(4)13-18(21)5/h7-13,15-16H,6,14H2,1-5H3,(H,25,29). The summed E-state index contributed by atoms with van der Waals surface area (Å²) in [7, 11) is 0. The lowest BCUT2D eigenvalue weighted by atomic mass is 10.1. The molecular weight excluding hydrogens is 394 g/mol. The van der Waals surface area contributed by atoms with Crippen molar-refractivity contribution in [1.29, 1.82) is 0 Å². The summed E-state index contributed by atoms with van der Waals surface area (Å²) >= 11 is 1.37. The number of benzene rings is 2. The van der Waals surface area contributed by atoms with Crippen LogP contribution in [0, 0.1) is 13.8 Å². The van der Waals surface area contributed by atoms with Gasteiger partial charge in [-0.25, -0.2) is 0 Å². The lowest BCUT2D eigenvalue weighted by Crippen LogP contribution is -2.30. The van der Waals surface area contributed by atoms with Gasteiger partial charge in [0.05, 0.1) is 11.4 Å². The predicted octanol–water partition coefficient (Wildman–Crippen LogP) is 4.85. The number of rotatable bonds is 8. The van der Waals surface area contributed by atoms with Crippen LogP contribution in [0.5, 0.6) is 0 Å². The van der Waals surface area contributed by atoms with E-state index >= 15 is 0 Å². The molecule has 0 bridgehead atoms. The van der Waals surface area contributed by atoms with Crippen molar-refractivity contribution < 1.29 is 4.79 Å². The number of hydrogen-bond donors (Lipinski definition) is 1. The molecule has 0 spiro atoms. The zero-order valence-corrected chi connectivity index (χ0v) is 19.0. The van der Waals surface area contributed by atoms with Gasteiger partial charge in [0.2, 0.25) is 5.91 Å². The van der Waals surface area contributed by atoms with Crippen molar-refractivity contribution in [2.45, 2.75) is 45.8 Å². The lowest BCUT2D eigenvalue weighted by Gasteiger charge is -2.27. The van der Waals surface area contributed by atoms with Crippen molar-refractivity contribution >= 4 is 29.0 Å². The van der Waals surface area contributed by atoms with Crippen LogP contribution in [0.2, 0.25) is 0 Å². The van der Waals surface area contributed by atoms with Gasteiger partial charge >= 0.3 is 0 Å². The summed E-state index contributed by atoms with van der Waals surface area (Å²) in [6.07, 6.45) is 1.69. The number of carbonyl (C=O) groups is 1. The Labute approximate surface area is 182 Å². The number of thioether (sulfide) groups is 1. The second-order valence-corrected chi connectivity index (χ2v) is 8.48. The molecule has 1 aromatic heterocycles. The van der Waals surface area contributed by atoms with Gasteiger partial charge in [-0.3, -0.25) is 9.36 Å². The molecule has 0 radical (unpaired) electrons. The van der Waals surface area contributed by atoms with Gasteiger partial charge in [0.15, 0.2) is 5.16 Å². The van der Waals surface area contributed by atoms with Crippen LogP contribution in [0.4, 0.5) is 11.4 Å². The molecule has 1 heterocycles. The van der Waals surface area contributed by atoms with Crippen molar-refractivity contribution in [1.82, 2.24) is 14.8 Å². The Hall–Kier alpha value is -2.80. The van der Waals surface area contributed by atoms with Crippen molar-refractivity contribution in [3.8, 4) is 5.69 Å². The van der Waals surface area contributed by atoms with Gasteiger partial charge in [-0.15, -0.1) is 10.2 Å². The highest BCUT2D eigenvalue weighted by molar-refractivity contribution is 7.99. The highest BCUT2D eigenvalue weighted by atomic mass is 32.2. The Morgan fingerprint density at radius 1 is 1.17 bits per heavy atom. The number of anilines is 2. The number of aromatic nitrogens is 3. The summed E-state index contributed by atoms with van der Waals surface area (Å²) < 4.78 is 1.92. The molecular formula is C23H29N5OS. The van der Waals surface area contributed by atoms with Crippen LogP contribution in [0.25, 0.3) is 5.69 Å². The van der Waals surface area contributed by atoms with Crippen LogP contribution in [0.1, 0.15) is 31.9 Å². The number of nitrogens with zero attached hydrogens (tertiary/aromatic N) is 4. The third-order valence-corrected chi connectivity index (χ3v) is 5.85. The molecule has 0 unspecified atom stereocenters. The molecule has 0 saturated carbocycles. The maximum absolute atomic E-state index is 12.5. The van der Waals surface area contributed by atoms with Gasteiger partial charge in [0.1, 0.15) is 6.33 Å². The Morgan fingerprint density at radius 2 is 1.90 bits per heavy atom. The molecule has 0 atom stereocenters. The van der Waals surface area contributed by atoms with E-state index in [-0.39, 0.29) is 11.7 Å². The molecule has 2 aromatic carbocycles. The van der Waals surface area contributed by atoms with E-state index in [1.54, 1.807) is 6.33 Å². The summed E-state index contributed by atoms with van der Waals surface area (Å²) in [5.74, 6) is 0.192. The highest BCUT2D eigenvalue weighted by Gasteiger charge is 2.13. The Morgan fingerprint density at radius 3 is 2.53 bits per heavy atom. The molecule has 1 amide bonds. The third kappa shape index (κ3) is 5.21. The van der Waals surface area contributed by atoms with E-state index < -0.39 is 0 Å². The summed E-state index contributed by atoms with van der Waals surface area (Å²) in [5.41, 5.74) is 5.32. The fourth-order valence-electron chi connectivity index (χ4n) is 3.47. The van der Waals surface area contributed by atoms with Crippen molar-refractivity contribution in [2.75, 3.05) is 22.5 Å². The van der Waals surface area contributed by atoms with Crippen LogP contribution in [0.15, 0.2) is 53.9 Å². The minimum atomic E-state index is -0.0702. The van der Waals surface area contributed by atoms with E-state index in [4.69, 9.17) is 0 Å². The average Bonchev–Trinajstić information content (AvgIpc) is 3.16. The first kappa shape index (κ1) is 21.9. The van der Waals surface area contributed by atoms with E-state index in [1.165, 1.54) is 17.3 Å². The molecule has 0 aliphatic rings. The number of hydrogen-bond acceptors (Lipinski definition) is 5. The first-order valence-electron chi connectivity index (χ1n) is 10.2. The van der Waals surface area contributed by atoms with Crippen LogP contribution >= 0.6 is 11.8 Å². The molecule has 0 saturated heterocycles. The molecule has 6 nitrogen and oxygen atoms in total. The first-order chi connectivity index (χ1) is 14.4. The quantitative estimate of drug-likeness (QED) is 0.525. The second-order valence-electron chi connectivity index (χ2n) is 7.54. The van der Waals surface area contributed by atoms with Gasteiger partial charge in [-0.05, 0) is 70.5 Å². The number of carbonyl (C=O) groups excluding carboxylic acids is 1. The second kappa shape index (κ2) is 9.80. The van der Waals surface area contributed by atoms with Crippen LogP contribution in [-0.2, 0) is 4.79 Å². The molecule has 3 rings (SSSR count). The van der Waals surface area contributed by atoms with Gasteiger partial charge in [-0.2, -0.15) is 0 Å². The van der Waals surface area contributed by atoms with Crippen molar-refractivity contribution in [3.63, 3.8) is 0 Å². The minimum absolute atomic E-state index is 0.0702. The smallest absolute Gasteiger partial charge is 0.234 e. The van der Waals surface area contributed by atoms with Gasteiger partial charge in [0.25, 0.3) is 0 Å². The number of aryl methyl sites for hydroxylation is 2. The molecule has 30 heavy (non-hydrogen) atoms. The predicted molar refractivity (Wildman–Crippen MR) is 125 cm³/mol. The maximum Gasteiger partial charge on any atom is 0.234 e. The zero-order chi connectivity index (χ0) is 21.7. The fraction of sp³-hybridized carbons (Fsp3) is 0.348. The largest absolute Gasteiger partial charge is 0.369 e. The number of nitrogens with one attached hydrogen (secondary N) is 1. The molecule has 7 heteroatoms. The lowest BCUT2D eigenvalue weighted by molar-refractivity contribution is -0.113. The van der Waals surface area contributed by atoms with Gasteiger partial charge in [0, 0.05) is 24.0 Å². The SMILES string of the molecule is CCN(c1ccc(NC(=O)CSc2nncn2-c2ccc(C)cc2C)cc1)C(C)C. The molecule has 0 fully saturated rings. The fourth-order valence-corrected chi connectivity index (χ4v) is 4.19. The Bertz CT molecular complexity index is 997. The van der Waals surface area contributed by atoms with E-state index in [2.05, 4.69) is 73.2 Å². The molecule has 3 aromatic rings. The minimum Gasteiger partial charge on any atom is -0.369 e. The highest BCUT2D eigenvalue weighted by Crippen LogP contribution is 2.23. The summed E-state index contributed by atoms with van der Waals surface area (Å²) in [4.78, 5) is 14.8. The number of amides is 1. The van der Waals surface area contributed by atoms with Gasteiger partial charge < -0.3 is 10.2 Å². The van der Waals surface area contributed by atoms with Crippen LogP contribution in [-0.4, -0.2) is 39.0 Å². The summed E-state index contributed by atoms with van der Waals surface area (Å²) in [6.45, 7) is 11.6. The topological polar surface area (TPSA) is 63.1 Å². The normalized spacial score (nSPS) is 11.0. The van der Waals surface area contributed by atoms with Crippen molar-refractivity contribution in [3.05, 3.63) is 59.9 Å². The Balaban J connectivity index is 1.61. The van der Waals surface area contributed by atoms with Gasteiger partial charge in [-0.1, -0.05) is 29.5 Å². The van der Waals surface area contributed by atoms with Crippen LogP contribution < -0.4 is 10.2 Å².